The maximum absolute atomic E-state index is 11.8. The van der Waals surface area contributed by atoms with Crippen molar-refractivity contribution in [1.29, 1.82) is 0 Å². The molecule has 0 amide bonds. The molecule has 0 atom stereocenters. The second-order valence-corrected chi connectivity index (χ2v) is 5.32. The lowest BCUT2D eigenvalue weighted by atomic mass is 10.2. The molecule has 0 radical (unpaired) electrons. The van der Waals surface area contributed by atoms with Gasteiger partial charge in [0.25, 0.3) is 0 Å². The van der Waals surface area contributed by atoms with E-state index in [1.807, 2.05) is 6.92 Å². The van der Waals surface area contributed by atoms with Gasteiger partial charge in [-0.05, 0) is 25.5 Å². The van der Waals surface area contributed by atoms with E-state index in [4.69, 9.17) is 18.6 Å². The van der Waals surface area contributed by atoms with E-state index in [0.29, 0.717) is 11.8 Å². The van der Waals surface area contributed by atoms with Crippen molar-refractivity contribution >= 4 is 23.1 Å². The Bertz CT molecular complexity index is 863. The number of benzene rings is 1. The van der Waals surface area contributed by atoms with Gasteiger partial charge in [0.15, 0.2) is 11.5 Å². The number of carbonyl (C=O) groups excluding carboxylic acids is 2. The summed E-state index contributed by atoms with van der Waals surface area (Å²) >= 11 is 0. The van der Waals surface area contributed by atoms with E-state index >= 15 is 0 Å². The van der Waals surface area contributed by atoms with Gasteiger partial charge in [-0.1, -0.05) is 19.9 Å². The Morgan fingerprint density at radius 2 is 1.88 bits per heavy atom. The summed E-state index contributed by atoms with van der Waals surface area (Å²) in [6.45, 7) is 7.15. The average Bonchev–Trinajstić information content (AvgIpc) is 2.55. The smallest absolute Gasteiger partial charge is 0.434 e. The van der Waals surface area contributed by atoms with Crippen molar-refractivity contribution in [2.24, 2.45) is 0 Å². The number of hydrogen-bond donors (Lipinski definition) is 0. The van der Waals surface area contributed by atoms with Crippen LogP contribution in [0, 0.1) is 0 Å². The Kier molecular flexibility index (Phi) is 5.94. The number of hydrogen-bond acceptors (Lipinski definition) is 7. The Balaban J connectivity index is 2.35. The first-order valence-electron chi connectivity index (χ1n) is 7.71. The van der Waals surface area contributed by atoms with Crippen LogP contribution < -0.4 is 15.1 Å². The summed E-state index contributed by atoms with van der Waals surface area (Å²) in [5.74, 6) is -0.791. The number of rotatable bonds is 6. The summed E-state index contributed by atoms with van der Waals surface area (Å²) in [6, 6.07) is 5.45. The number of ether oxygens (including phenoxy) is 3. The minimum atomic E-state index is -0.946. The molecule has 1 aromatic carbocycles. The second kappa shape index (κ2) is 8.14. The van der Waals surface area contributed by atoms with E-state index in [0.717, 1.165) is 6.42 Å². The van der Waals surface area contributed by atoms with Crippen molar-refractivity contribution in [2.75, 3.05) is 6.61 Å². The van der Waals surface area contributed by atoms with Crippen molar-refractivity contribution in [3.8, 4) is 11.5 Å². The summed E-state index contributed by atoms with van der Waals surface area (Å²) in [5, 5.41) is 0.496. The van der Waals surface area contributed by atoms with Gasteiger partial charge in [-0.15, -0.1) is 0 Å². The molecule has 0 saturated carbocycles. The molecule has 0 aliphatic carbocycles. The van der Waals surface area contributed by atoms with Crippen molar-refractivity contribution in [2.45, 2.75) is 26.7 Å². The van der Waals surface area contributed by atoms with Gasteiger partial charge in [0.05, 0.1) is 6.61 Å². The van der Waals surface area contributed by atoms with Gasteiger partial charge >= 0.3 is 17.8 Å². The maximum Gasteiger partial charge on any atom is 0.513 e. The van der Waals surface area contributed by atoms with Crippen LogP contribution in [-0.4, -0.2) is 18.7 Å². The third-order valence-corrected chi connectivity index (χ3v) is 3.15. The molecule has 2 aromatic rings. The molecule has 1 heterocycles. The predicted octanol–water partition coefficient (Wildman–Crippen LogP) is 3.59. The molecule has 7 heteroatoms. The fourth-order valence-corrected chi connectivity index (χ4v) is 1.84. The Labute approximate surface area is 143 Å². The lowest BCUT2D eigenvalue weighted by molar-refractivity contribution is -0.130. The van der Waals surface area contributed by atoms with E-state index in [-0.39, 0.29) is 29.3 Å². The van der Waals surface area contributed by atoms with Crippen molar-refractivity contribution in [1.82, 2.24) is 0 Å². The fourth-order valence-electron chi connectivity index (χ4n) is 1.84. The normalized spacial score (nSPS) is 10.3. The molecule has 0 N–H and O–H groups in total. The molecular formula is C18H18O7. The molecule has 0 bridgehead atoms. The van der Waals surface area contributed by atoms with Gasteiger partial charge in [-0.25, -0.2) is 14.4 Å². The molecule has 2 rings (SSSR count). The first-order chi connectivity index (χ1) is 11.9. The first-order valence-corrected chi connectivity index (χ1v) is 7.71. The highest BCUT2D eigenvalue weighted by Gasteiger charge is 2.17. The van der Waals surface area contributed by atoms with Gasteiger partial charge in [0.2, 0.25) is 0 Å². The molecule has 0 aliphatic heterocycles. The van der Waals surface area contributed by atoms with Crippen LogP contribution in [0.1, 0.15) is 26.7 Å². The molecular weight excluding hydrogens is 328 g/mol. The standard InChI is InChI=1S/C18H18O7/c1-4-5-8-22-18(21)25-15-10-13-12(6-7-16(19)23-13)9-14(15)24-17(20)11(2)3/h6-7,9-10H,2,4-5,8H2,1,3H3. The Morgan fingerprint density at radius 3 is 2.56 bits per heavy atom. The summed E-state index contributed by atoms with van der Waals surface area (Å²) in [6.07, 6.45) is 0.605. The van der Waals surface area contributed by atoms with Crippen LogP contribution in [0.3, 0.4) is 0 Å². The van der Waals surface area contributed by atoms with Crippen LogP contribution in [0.4, 0.5) is 4.79 Å². The zero-order valence-corrected chi connectivity index (χ0v) is 14.0. The third-order valence-electron chi connectivity index (χ3n) is 3.15. The SMILES string of the molecule is C=C(C)C(=O)Oc1cc2ccc(=O)oc2cc1OC(=O)OCCCC. The van der Waals surface area contributed by atoms with Crippen molar-refractivity contribution < 1.29 is 28.2 Å². The number of esters is 1. The summed E-state index contributed by atoms with van der Waals surface area (Å²) in [4.78, 5) is 34.9. The minimum Gasteiger partial charge on any atom is -0.434 e. The van der Waals surface area contributed by atoms with Crippen molar-refractivity contribution in [3.63, 3.8) is 0 Å². The molecule has 0 aliphatic rings. The molecule has 1 aromatic heterocycles. The lowest BCUT2D eigenvalue weighted by Gasteiger charge is -2.11. The molecule has 25 heavy (non-hydrogen) atoms. The highest BCUT2D eigenvalue weighted by Crippen LogP contribution is 2.33. The van der Waals surface area contributed by atoms with E-state index < -0.39 is 17.8 Å². The van der Waals surface area contributed by atoms with Gasteiger partial charge in [-0.2, -0.15) is 0 Å². The largest absolute Gasteiger partial charge is 0.513 e. The summed E-state index contributed by atoms with van der Waals surface area (Å²) in [5.41, 5.74) is -0.203. The van der Waals surface area contributed by atoms with E-state index in [1.165, 1.54) is 31.2 Å². The monoisotopic (exact) mass is 346 g/mol. The topological polar surface area (TPSA) is 92.0 Å². The van der Waals surface area contributed by atoms with Crippen LogP contribution in [0.5, 0.6) is 11.5 Å². The van der Waals surface area contributed by atoms with Gasteiger partial charge in [0, 0.05) is 23.1 Å². The van der Waals surface area contributed by atoms with Crippen LogP contribution in [-0.2, 0) is 9.53 Å². The van der Waals surface area contributed by atoms with Gasteiger partial charge in [-0.3, -0.25) is 0 Å². The molecule has 7 nitrogen and oxygen atoms in total. The Morgan fingerprint density at radius 1 is 1.16 bits per heavy atom. The van der Waals surface area contributed by atoms with E-state index in [1.54, 1.807) is 0 Å². The average molecular weight is 346 g/mol. The van der Waals surface area contributed by atoms with Gasteiger partial charge in [0.1, 0.15) is 5.58 Å². The van der Waals surface area contributed by atoms with Crippen LogP contribution in [0.2, 0.25) is 0 Å². The molecule has 0 spiro atoms. The summed E-state index contributed by atoms with van der Waals surface area (Å²) in [7, 11) is 0. The first kappa shape index (κ1) is 18.3. The van der Waals surface area contributed by atoms with E-state index in [2.05, 4.69) is 6.58 Å². The van der Waals surface area contributed by atoms with Crippen molar-refractivity contribution in [3.05, 3.63) is 46.8 Å². The molecule has 0 saturated heterocycles. The van der Waals surface area contributed by atoms with Gasteiger partial charge < -0.3 is 18.6 Å². The number of unbranched alkanes of at least 4 members (excludes halogenated alkanes) is 1. The number of fused-ring (bicyclic) bond motifs is 1. The summed E-state index contributed by atoms with van der Waals surface area (Å²) < 4.78 is 20.2. The predicted molar refractivity (Wildman–Crippen MR) is 89.8 cm³/mol. The van der Waals surface area contributed by atoms with E-state index in [9.17, 15) is 14.4 Å². The highest BCUT2D eigenvalue weighted by atomic mass is 16.7. The minimum absolute atomic E-state index is 0.0122. The van der Waals surface area contributed by atoms with Crippen LogP contribution in [0.25, 0.3) is 11.0 Å². The third kappa shape index (κ3) is 4.94. The lowest BCUT2D eigenvalue weighted by Crippen LogP contribution is -2.14. The maximum atomic E-state index is 11.8. The quantitative estimate of drug-likeness (QED) is 0.197. The molecule has 132 valence electrons. The highest BCUT2D eigenvalue weighted by molar-refractivity contribution is 5.90. The molecule has 0 fully saturated rings. The number of carbonyl (C=O) groups is 2. The second-order valence-electron chi connectivity index (χ2n) is 5.32. The van der Waals surface area contributed by atoms with Crippen LogP contribution in [0.15, 0.2) is 45.6 Å². The fraction of sp³-hybridized carbons (Fsp3) is 0.278. The Hall–Kier alpha value is -3.09. The zero-order valence-electron chi connectivity index (χ0n) is 14.0. The zero-order chi connectivity index (χ0) is 18.4. The molecule has 0 unspecified atom stereocenters. The van der Waals surface area contributed by atoms with Crippen LogP contribution >= 0.6 is 0 Å².